The third kappa shape index (κ3) is 15.9. The highest BCUT2D eigenvalue weighted by molar-refractivity contribution is 6.26. The molecule has 0 spiro atoms. The molecule has 0 bridgehead atoms. The number of hydrogen-bond donors (Lipinski definition) is 0. The van der Waals surface area contributed by atoms with Crippen molar-refractivity contribution in [2.75, 3.05) is 19.8 Å². The molecule has 0 N–H and O–H groups in total. The van der Waals surface area contributed by atoms with Gasteiger partial charge in [-0.15, -0.1) is 0 Å². The number of carbonyl (C=O) groups is 9. The van der Waals surface area contributed by atoms with Crippen LogP contribution in [0.3, 0.4) is 0 Å². The first kappa shape index (κ1) is 75.4. The van der Waals surface area contributed by atoms with Crippen molar-refractivity contribution >= 4 is 155 Å². The Morgan fingerprint density at radius 1 is 0.289 bits per heavy atom. The number of ketones is 5. The van der Waals surface area contributed by atoms with Gasteiger partial charge in [-0.3, -0.25) is 24.0 Å². The lowest BCUT2D eigenvalue weighted by Gasteiger charge is -2.17. The first-order chi connectivity index (χ1) is 55.5. The molecule has 13 aromatic rings. The van der Waals surface area contributed by atoms with Gasteiger partial charge >= 0.3 is 23.9 Å². The van der Waals surface area contributed by atoms with Crippen molar-refractivity contribution < 1.29 is 66.8 Å². The van der Waals surface area contributed by atoms with E-state index in [0.717, 1.165) is 122 Å². The molecule has 0 saturated carbocycles. The SMILES string of the molecule is C=CC(=O)OC1=CC(=O)c2cccc3cccc1c23.C=CC(=O)OCC1=Cc2cccc3cccc(c23)C1=O.C=Cc1ccc(C(=O)OC2=CC(=O)c3cccc4cccc2c34)cc1.C=Cc1ccc(C(=O)OCC2=Cc3cccc4cccc(c34)C2=O)cc1.C=Cc1ccc(OCC2=Cc3cccc4cccc(c34)C2=O)cc1. The molecule has 18 rings (SSSR count). The number of esters is 4. The predicted molar refractivity (Wildman–Crippen MR) is 450 cm³/mol. The number of hydrogen-bond acceptors (Lipinski definition) is 14. The third-order valence-corrected chi connectivity index (χ3v) is 19.6. The molecular weight excluding hydrogens is 1430 g/mol. The molecule has 552 valence electrons. The Morgan fingerprint density at radius 3 is 0.982 bits per heavy atom. The van der Waals surface area contributed by atoms with Gasteiger partial charge in [-0.1, -0.05) is 270 Å². The molecule has 14 heteroatoms. The minimum absolute atomic E-state index is 0.0333. The Kier molecular flexibility index (Phi) is 22.2. The highest BCUT2D eigenvalue weighted by Crippen LogP contribution is 2.38. The molecule has 5 aliphatic rings. The van der Waals surface area contributed by atoms with Gasteiger partial charge in [0.05, 0.1) is 11.1 Å². The van der Waals surface area contributed by atoms with E-state index in [-0.39, 0.29) is 60.3 Å². The molecule has 0 aromatic heterocycles. The Hall–Kier alpha value is -15.4. The average molecular weight is 1490 g/mol. The van der Waals surface area contributed by atoms with Crippen LogP contribution in [0.15, 0.2) is 329 Å². The largest absolute Gasteiger partial charge is 0.489 e. The van der Waals surface area contributed by atoms with Crippen molar-refractivity contribution in [1.29, 1.82) is 0 Å². The van der Waals surface area contributed by atoms with Gasteiger partial charge in [0.2, 0.25) is 0 Å². The highest BCUT2D eigenvalue weighted by atomic mass is 16.5. The third-order valence-electron chi connectivity index (χ3n) is 19.6. The molecule has 0 atom stereocenters. The Morgan fingerprint density at radius 2 is 0.605 bits per heavy atom. The van der Waals surface area contributed by atoms with E-state index in [4.69, 9.17) is 23.7 Å². The van der Waals surface area contributed by atoms with Gasteiger partial charge in [0, 0.05) is 107 Å². The van der Waals surface area contributed by atoms with Crippen molar-refractivity contribution in [3.8, 4) is 5.75 Å². The normalized spacial score (nSPS) is 12.8. The molecule has 13 aromatic carbocycles. The first-order valence-electron chi connectivity index (χ1n) is 36.2. The molecule has 14 nitrogen and oxygen atoms in total. The summed E-state index contributed by atoms with van der Waals surface area (Å²) in [6, 6.07) is 79.0. The maximum absolute atomic E-state index is 12.8. The Labute approximate surface area is 655 Å². The standard InChI is InChI=1S/C23H16O3.C22H14O3.C22H16O2.C17H12O3.C16H10O3/c1-2-15-9-11-17(12-10-15)23(25)26-14-19-13-18-7-3-5-16-6-4-8-20(21(16)18)22(19)24;1-2-14-9-11-16(12-10-14)22(24)25-20-13-19(23)17-7-3-5-15-6-4-8-18(20)21(15)17;1-2-15-9-11-19(12-10-15)24-14-18-13-17-7-3-5-16-6-4-8-20(21(16)17)22(18)23;1-2-15(18)20-10-13-9-12-7-3-5-11-6-4-8-14(16(11)12)17(13)19;1-2-15(18)19-14-9-13(17)11-7-3-5-10-6-4-8-12(14)16(10)11/h2-13H,1,14H2;2-13H,1H2;2-13H,1,14H2;2-9H,1,10H2;2-9H,1H2. The molecule has 0 radical (unpaired) electrons. The summed E-state index contributed by atoms with van der Waals surface area (Å²) < 4.78 is 26.8. The number of benzene rings is 13. The van der Waals surface area contributed by atoms with Crippen molar-refractivity contribution in [3.05, 3.63) is 412 Å². The lowest BCUT2D eigenvalue weighted by atomic mass is 9.88. The molecule has 114 heavy (non-hydrogen) atoms. The van der Waals surface area contributed by atoms with E-state index in [1.807, 2.05) is 200 Å². The second-order valence-electron chi connectivity index (χ2n) is 26.5. The van der Waals surface area contributed by atoms with Gasteiger partial charge in [0.25, 0.3) is 0 Å². The summed E-state index contributed by atoms with van der Waals surface area (Å²) in [6.07, 6.45) is 15.6. The lowest BCUT2D eigenvalue weighted by molar-refractivity contribution is -0.136. The summed E-state index contributed by atoms with van der Waals surface area (Å²) in [5.74, 6) is -1.20. The monoisotopic (exact) mass is 1490 g/mol. The van der Waals surface area contributed by atoms with Gasteiger partial charge in [-0.25, -0.2) is 19.2 Å². The topological polar surface area (TPSA) is 200 Å². The zero-order valence-electron chi connectivity index (χ0n) is 61.4. The number of Topliss-reactive ketones (excluding diaryl/α,β-unsaturated/α-hetero) is 3. The summed E-state index contributed by atoms with van der Waals surface area (Å²) in [6.45, 7) is 18.0. The van der Waals surface area contributed by atoms with Gasteiger partial charge in [0.1, 0.15) is 37.1 Å². The lowest BCUT2D eigenvalue weighted by Crippen LogP contribution is -2.16. The van der Waals surface area contributed by atoms with Crippen LogP contribution >= 0.6 is 0 Å². The number of rotatable bonds is 16. The summed E-state index contributed by atoms with van der Waals surface area (Å²) >= 11 is 0. The van der Waals surface area contributed by atoms with E-state index in [1.165, 1.54) is 12.2 Å². The fourth-order valence-corrected chi connectivity index (χ4v) is 14.0. The van der Waals surface area contributed by atoms with Crippen LogP contribution in [-0.2, 0) is 28.5 Å². The molecular formula is C100H68O14. The van der Waals surface area contributed by atoms with Crippen molar-refractivity contribution in [1.82, 2.24) is 0 Å². The molecule has 0 amide bonds. The molecule has 5 aliphatic carbocycles. The molecule has 0 saturated heterocycles. The zero-order valence-corrected chi connectivity index (χ0v) is 61.4. The van der Waals surface area contributed by atoms with Gasteiger partial charge in [-0.05, 0) is 115 Å². The molecule has 0 fully saturated rings. The number of allylic oxidation sites excluding steroid dienone is 2. The Bertz CT molecular complexity index is 6410. The minimum atomic E-state index is -0.574. The summed E-state index contributed by atoms with van der Waals surface area (Å²) in [7, 11) is 0. The van der Waals surface area contributed by atoms with Gasteiger partial charge in [-0.2, -0.15) is 0 Å². The molecule has 0 aliphatic heterocycles. The van der Waals surface area contributed by atoms with Crippen LogP contribution in [0.25, 0.3) is 102 Å². The first-order valence-corrected chi connectivity index (χ1v) is 36.2. The number of carbonyl (C=O) groups excluding carboxylic acids is 9. The van der Waals surface area contributed by atoms with Crippen molar-refractivity contribution in [3.63, 3.8) is 0 Å². The minimum Gasteiger partial charge on any atom is -0.489 e. The second kappa shape index (κ2) is 33.6. The van der Waals surface area contributed by atoms with Crippen LogP contribution in [-0.4, -0.2) is 72.6 Å². The van der Waals surface area contributed by atoms with Crippen molar-refractivity contribution in [2.45, 2.75) is 0 Å². The fourth-order valence-electron chi connectivity index (χ4n) is 14.0. The van der Waals surface area contributed by atoms with E-state index in [9.17, 15) is 43.2 Å². The van der Waals surface area contributed by atoms with Crippen LogP contribution < -0.4 is 4.74 Å². The zero-order chi connectivity index (χ0) is 79.5. The van der Waals surface area contributed by atoms with Crippen LogP contribution in [0.2, 0.25) is 0 Å². The van der Waals surface area contributed by atoms with E-state index in [2.05, 4.69) is 32.9 Å². The van der Waals surface area contributed by atoms with Crippen LogP contribution in [0.1, 0.15) is 117 Å². The number of ether oxygens (including phenoxy) is 5. The highest BCUT2D eigenvalue weighted by Gasteiger charge is 2.28. The van der Waals surface area contributed by atoms with E-state index in [0.29, 0.717) is 50.1 Å². The van der Waals surface area contributed by atoms with Gasteiger partial charge < -0.3 is 23.7 Å². The summed E-state index contributed by atoms with van der Waals surface area (Å²) in [5.41, 5.74) is 13.2. The smallest absolute Gasteiger partial charge is 0.343 e. The van der Waals surface area contributed by atoms with Crippen LogP contribution in [0, 0.1) is 0 Å². The van der Waals surface area contributed by atoms with E-state index >= 15 is 0 Å². The maximum Gasteiger partial charge on any atom is 0.343 e. The Balaban J connectivity index is 0.000000118. The fraction of sp³-hybridized carbons (Fsp3) is 0.0300. The van der Waals surface area contributed by atoms with Crippen LogP contribution in [0.4, 0.5) is 0 Å². The van der Waals surface area contributed by atoms with E-state index in [1.54, 1.807) is 91.0 Å². The quantitative estimate of drug-likeness (QED) is 0.0502. The predicted octanol–water partition coefficient (Wildman–Crippen LogP) is 21.2. The average Bonchev–Trinajstić information content (AvgIpc) is 0.773. The maximum atomic E-state index is 12.8. The molecule has 0 heterocycles. The molecule has 0 unspecified atom stereocenters. The summed E-state index contributed by atoms with van der Waals surface area (Å²) in [4.78, 5) is 110. The van der Waals surface area contributed by atoms with E-state index < -0.39 is 23.9 Å². The summed E-state index contributed by atoms with van der Waals surface area (Å²) in [5, 5.41) is 9.64. The second-order valence-corrected chi connectivity index (χ2v) is 26.5. The van der Waals surface area contributed by atoms with Crippen molar-refractivity contribution in [2.24, 2.45) is 0 Å². The van der Waals surface area contributed by atoms with Gasteiger partial charge in [0.15, 0.2) is 28.9 Å². The van der Waals surface area contributed by atoms with Crippen LogP contribution in [0.5, 0.6) is 5.75 Å².